The van der Waals surface area contributed by atoms with Crippen LogP contribution in [-0.4, -0.2) is 18.4 Å². The minimum atomic E-state index is -1.12. The minimum absolute atomic E-state index is 0.0466. The van der Waals surface area contributed by atoms with E-state index in [-0.39, 0.29) is 12.2 Å². The Labute approximate surface area is 136 Å². The fourth-order valence-corrected chi connectivity index (χ4v) is 2.07. The maximum atomic E-state index is 13.5. The Hall–Kier alpha value is -2.83. The van der Waals surface area contributed by atoms with Crippen LogP contribution in [0, 0.1) is 17.5 Å². The van der Waals surface area contributed by atoms with Gasteiger partial charge in [-0.1, -0.05) is 18.2 Å². The van der Waals surface area contributed by atoms with Crippen molar-refractivity contribution in [1.82, 2.24) is 5.32 Å². The molecule has 0 spiro atoms. The molecule has 0 saturated carbocycles. The van der Waals surface area contributed by atoms with Crippen LogP contribution >= 0.6 is 0 Å². The predicted octanol–water partition coefficient (Wildman–Crippen LogP) is 2.77. The van der Waals surface area contributed by atoms with E-state index in [4.69, 9.17) is 0 Å². The van der Waals surface area contributed by atoms with Crippen molar-refractivity contribution < 1.29 is 22.8 Å². The Morgan fingerprint density at radius 3 is 2.33 bits per heavy atom. The van der Waals surface area contributed by atoms with Crippen LogP contribution in [0.15, 0.2) is 42.5 Å². The van der Waals surface area contributed by atoms with E-state index >= 15 is 0 Å². The molecule has 2 rings (SSSR count). The minimum Gasteiger partial charge on any atom is -0.350 e. The molecule has 24 heavy (non-hydrogen) atoms. The van der Waals surface area contributed by atoms with Crippen LogP contribution in [0.2, 0.25) is 0 Å². The van der Waals surface area contributed by atoms with Crippen LogP contribution in [0.5, 0.6) is 0 Å². The number of carbonyl (C=O) groups is 2. The first-order chi connectivity index (χ1) is 11.4. The van der Waals surface area contributed by atoms with Gasteiger partial charge in [0.15, 0.2) is 11.6 Å². The van der Waals surface area contributed by atoms with Gasteiger partial charge in [0, 0.05) is 30.8 Å². The van der Waals surface area contributed by atoms with Gasteiger partial charge in [0.25, 0.3) is 0 Å². The summed E-state index contributed by atoms with van der Waals surface area (Å²) in [5.41, 5.74) is 0.357. The Kier molecular flexibility index (Phi) is 5.57. The van der Waals surface area contributed by atoms with Gasteiger partial charge in [0.05, 0.1) is 0 Å². The number of halogens is 3. The van der Waals surface area contributed by atoms with Crippen LogP contribution in [0.4, 0.5) is 18.9 Å². The van der Waals surface area contributed by atoms with Gasteiger partial charge >= 0.3 is 0 Å². The normalized spacial score (nSPS) is 10.3. The summed E-state index contributed by atoms with van der Waals surface area (Å²) in [4.78, 5) is 24.6. The molecule has 0 aliphatic heterocycles. The van der Waals surface area contributed by atoms with E-state index in [1.807, 2.05) is 0 Å². The number of amides is 2. The summed E-state index contributed by atoms with van der Waals surface area (Å²) < 4.78 is 39.8. The third kappa shape index (κ3) is 4.34. The fraction of sp³-hybridized carbons (Fsp3) is 0.176. The van der Waals surface area contributed by atoms with Gasteiger partial charge in [-0.15, -0.1) is 0 Å². The van der Waals surface area contributed by atoms with Crippen LogP contribution in [-0.2, 0) is 16.1 Å². The molecule has 0 aliphatic carbocycles. The molecular weight excluding hydrogens is 321 g/mol. The summed E-state index contributed by atoms with van der Waals surface area (Å²) in [6, 6.07) is 8.86. The van der Waals surface area contributed by atoms with Crippen LogP contribution in [0.3, 0.4) is 0 Å². The highest BCUT2D eigenvalue weighted by Gasteiger charge is 2.17. The van der Waals surface area contributed by atoms with Gasteiger partial charge < -0.3 is 10.2 Å². The Balaban J connectivity index is 2.05. The number of carbonyl (C=O) groups excluding carboxylic acids is 2. The molecule has 2 amide bonds. The van der Waals surface area contributed by atoms with Crippen molar-refractivity contribution in [3.05, 3.63) is 65.5 Å². The first kappa shape index (κ1) is 17.5. The number of nitrogens with zero attached hydrogens (tertiary/aromatic N) is 1. The molecule has 2 aromatic rings. The summed E-state index contributed by atoms with van der Waals surface area (Å²) in [6.07, 6.45) is 0. The third-order valence-electron chi connectivity index (χ3n) is 3.33. The number of anilines is 1. The molecule has 1 N–H and O–H groups in total. The summed E-state index contributed by atoms with van der Waals surface area (Å²) in [6.45, 7) is 0.759. The third-order valence-corrected chi connectivity index (χ3v) is 3.33. The second-order valence-electron chi connectivity index (χ2n) is 5.07. The zero-order valence-electron chi connectivity index (χ0n) is 12.9. The van der Waals surface area contributed by atoms with Gasteiger partial charge in [-0.25, -0.2) is 13.2 Å². The van der Waals surface area contributed by atoms with E-state index in [0.717, 1.165) is 17.0 Å². The highest BCUT2D eigenvalue weighted by molar-refractivity contribution is 5.97. The molecule has 0 radical (unpaired) electrons. The SMILES string of the molecule is CC(=O)N(CC(=O)NCc1ccccc1F)c1ccc(F)c(F)c1. The molecule has 0 bridgehead atoms. The zero-order chi connectivity index (χ0) is 17.7. The molecule has 0 aliphatic rings. The maximum absolute atomic E-state index is 13.5. The number of hydrogen-bond donors (Lipinski definition) is 1. The van der Waals surface area contributed by atoms with Gasteiger partial charge in [0.1, 0.15) is 12.4 Å². The molecule has 0 aromatic heterocycles. The highest BCUT2D eigenvalue weighted by atomic mass is 19.2. The molecule has 4 nitrogen and oxygen atoms in total. The fourth-order valence-electron chi connectivity index (χ4n) is 2.07. The second-order valence-corrected chi connectivity index (χ2v) is 5.07. The van der Waals surface area contributed by atoms with Crippen molar-refractivity contribution in [3.8, 4) is 0 Å². The molecule has 0 atom stereocenters. The number of nitrogens with one attached hydrogen (secondary N) is 1. The van der Waals surface area contributed by atoms with E-state index in [0.29, 0.717) is 5.56 Å². The lowest BCUT2D eigenvalue weighted by atomic mass is 10.2. The first-order valence-corrected chi connectivity index (χ1v) is 7.11. The average molecular weight is 336 g/mol. The molecule has 7 heteroatoms. The summed E-state index contributed by atoms with van der Waals surface area (Å²) in [5, 5.41) is 2.48. The van der Waals surface area contributed by atoms with Crippen LogP contribution in [0.25, 0.3) is 0 Å². The predicted molar refractivity (Wildman–Crippen MR) is 82.6 cm³/mol. The van der Waals surface area contributed by atoms with E-state index in [1.54, 1.807) is 6.07 Å². The van der Waals surface area contributed by atoms with E-state index in [1.165, 1.54) is 31.2 Å². The highest BCUT2D eigenvalue weighted by Crippen LogP contribution is 2.18. The molecule has 0 saturated heterocycles. The lowest BCUT2D eigenvalue weighted by Gasteiger charge is -2.21. The van der Waals surface area contributed by atoms with Crippen LogP contribution < -0.4 is 10.2 Å². The van der Waals surface area contributed by atoms with Crippen molar-refractivity contribution in [2.75, 3.05) is 11.4 Å². The van der Waals surface area contributed by atoms with Crippen molar-refractivity contribution in [2.24, 2.45) is 0 Å². The molecule has 2 aromatic carbocycles. The van der Waals surface area contributed by atoms with E-state index in [2.05, 4.69) is 5.32 Å². The maximum Gasteiger partial charge on any atom is 0.240 e. The number of hydrogen-bond acceptors (Lipinski definition) is 2. The van der Waals surface area contributed by atoms with Gasteiger partial charge in [-0.2, -0.15) is 0 Å². The van der Waals surface area contributed by atoms with Gasteiger partial charge in [-0.3, -0.25) is 9.59 Å². The molecule has 126 valence electrons. The topological polar surface area (TPSA) is 49.4 Å². The van der Waals surface area contributed by atoms with E-state index in [9.17, 15) is 22.8 Å². The zero-order valence-corrected chi connectivity index (χ0v) is 12.9. The van der Waals surface area contributed by atoms with Gasteiger partial charge in [-0.05, 0) is 18.2 Å². The molecule has 0 fully saturated rings. The number of rotatable bonds is 5. The van der Waals surface area contributed by atoms with E-state index < -0.39 is 35.8 Å². The first-order valence-electron chi connectivity index (χ1n) is 7.11. The largest absolute Gasteiger partial charge is 0.350 e. The van der Waals surface area contributed by atoms with Crippen molar-refractivity contribution in [1.29, 1.82) is 0 Å². The molecule has 0 unspecified atom stereocenters. The van der Waals surface area contributed by atoms with Crippen molar-refractivity contribution in [2.45, 2.75) is 13.5 Å². The monoisotopic (exact) mass is 336 g/mol. The average Bonchev–Trinajstić information content (AvgIpc) is 2.54. The van der Waals surface area contributed by atoms with Crippen LogP contribution in [0.1, 0.15) is 12.5 Å². The number of benzene rings is 2. The summed E-state index contributed by atoms with van der Waals surface area (Å²) in [7, 11) is 0. The Morgan fingerprint density at radius 2 is 1.71 bits per heavy atom. The second kappa shape index (κ2) is 7.63. The lowest BCUT2D eigenvalue weighted by Crippen LogP contribution is -2.39. The standard InChI is InChI=1S/C17H15F3N2O2/c1-11(23)22(13-6-7-15(19)16(20)8-13)10-17(24)21-9-12-4-2-3-5-14(12)18/h2-8H,9-10H2,1H3,(H,21,24). The van der Waals surface area contributed by atoms with Crippen molar-refractivity contribution in [3.63, 3.8) is 0 Å². The molecular formula is C17H15F3N2O2. The Morgan fingerprint density at radius 1 is 1.00 bits per heavy atom. The lowest BCUT2D eigenvalue weighted by molar-refractivity contribution is -0.123. The summed E-state index contributed by atoms with van der Waals surface area (Å²) in [5.74, 6) is -3.70. The Bertz CT molecular complexity index is 765. The quantitative estimate of drug-likeness (QED) is 0.913. The smallest absolute Gasteiger partial charge is 0.240 e. The van der Waals surface area contributed by atoms with Gasteiger partial charge in [0.2, 0.25) is 11.8 Å². The summed E-state index contributed by atoms with van der Waals surface area (Å²) >= 11 is 0. The molecule has 0 heterocycles. The van der Waals surface area contributed by atoms with Crippen molar-refractivity contribution >= 4 is 17.5 Å².